The summed E-state index contributed by atoms with van der Waals surface area (Å²) in [5.41, 5.74) is 1.60. The van der Waals surface area contributed by atoms with E-state index in [1.807, 2.05) is 36.4 Å². The Bertz CT molecular complexity index is 576. The van der Waals surface area contributed by atoms with Gasteiger partial charge in [-0.15, -0.1) is 0 Å². The van der Waals surface area contributed by atoms with Gasteiger partial charge in [-0.2, -0.15) is 0 Å². The predicted octanol–water partition coefficient (Wildman–Crippen LogP) is 3.10. The fourth-order valence-electron chi connectivity index (χ4n) is 1.63. The van der Waals surface area contributed by atoms with E-state index in [0.717, 1.165) is 5.56 Å². The molecule has 0 heterocycles. The van der Waals surface area contributed by atoms with Crippen LogP contribution < -0.4 is 10.1 Å². The monoisotopic (exact) mass is 253 g/mol. The van der Waals surface area contributed by atoms with Crippen molar-refractivity contribution in [3.8, 4) is 5.75 Å². The van der Waals surface area contributed by atoms with Crippen LogP contribution in [0.25, 0.3) is 6.08 Å². The van der Waals surface area contributed by atoms with Crippen LogP contribution in [0.1, 0.15) is 15.9 Å². The molecule has 0 bridgehead atoms. The van der Waals surface area contributed by atoms with Crippen molar-refractivity contribution in [3.63, 3.8) is 0 Å². The van der Waals surface area contributed by atoms with Crippen LogP contribution in [-0.2, 0) is 0 Å². The molecule has 0 aliphatic rings. The zero-order chi connectivity index (χ0) is 13.5. The van der Waals surface area contributed by atoms with E-state index in [1.54, 1.807) is 37.6 Å². The fraction of sp³-hybridized carbons (Fsp3) is 0.0625. The van der Waals surface area contributed by atoms with Crippen LogP contribution in [0.5, 0.6) is 5.75 Å². The highest BCUT2D eigenvalue weighted by atomic mass is 16.5. The van der Waals surface area contributed by atoms with Gasteiger partial charge in [0.2, 0.25) is 0 Å². The maximum Gasteiger partial charge on any atom is 0.255 e. The molecule has 3 nitrogen and oxygen atoms in total. The summed E-state index contributed by atoms with van der Waals surface area (Å²) in [4.78, 5) is 11.9. The molecule has 0 unspecified atom stereocenters. The van der Waals surface area contributed by atoms with Gasteiger partial charge in [-0.25, -0.2) is 0 Å². The average molecular weight is 253 g/mol. The molecule has 0 aromatic heterocycles. The van der Waals surface area contributed by atoms with Crippen molar-refractivity contribution in [2.45, 2.75) is 0 Å². The number of benzene rings is 2. The lowest BCUT2D eigenvalue weighted by Crippen LogP contribution is -2.16. The molecule has 3 heteroatoms. The summed E-state index contributed by atoms with van der Waals surface area (Å²) in [5.74, 6) is 0.505. The molecule has 0 saturated heterocycles. The van der Waals surface area contributed by atoms with Gasteiger partial charge in [0.15, 0.2) is 0 Å². The second-order valence-electron chi connectivity index (χ2n) is 3.95. The minimum Gasteiger partial charge on any atom is -0.497 e. The number of amides is 1. The van der Waals surface area contributed by atoms with Crippen LogP contribution in [0.15, 0.2) is 60.8 Å². The molecule has 96 valence electrons. The van der Waals surface area contributed by atoms with Gasteiger partial charge in [-0.3, -0.25) is 4.79 Å². The third-order valence-corrected chi connectivity index (χ3v) is 2.62. The molecule has 0 radical (unpaired) electrons. The molecule has 0 atom stereocenters. The number of hydrogen-bond donors (Lipinski definition) is 1. The van der Waals surface area contributed by atoms with E-state index in [0.29, 0.717) is 11.3 Å². The van der Waals surface area contributed by atoms with Crippen LogP contribution in [0.3, 0.4) is 0 Å². The van der Waals surface area contributed by atoms with Crippen LogP contribution in [0.2, 0.25) is 0 Å². The van der Waals surface area contributed by atoms with Crippen LogP contribution in [0.4, 0.5) is 0 Å². The molecule has 0 fully saturated rings. The first-order chi connectivity index (χ1) is 9.29. The number of nitrogens with one attached hydrogen (secondary N) is 1. The highest BCUT2D eigenvalue weighted by Gasteiger charge is 2.03. The lowest BCUT2D eigenvalue weighted by atomic mass is 10.2. The Hall–Kier alpha value is -2.55. The van der Waals surface area contributed by atoms with Gasteiger partial charge in [0, 0.05) is 11.8 Å². The number of rotatable bonds is 4. The first-order valence-electron chi connectivity index (χ1n) is 5.96. The lowest BCUT2D eigenvalue weighted by Gasteiger charge is -2.03. The summed E-state index contributed by atoms with van der Waals surface area (Å²) >= 11 is 0. The van der Waals surface area contributed by atoms with E-state index in [2.05, 4.69) is 5.32 Å². The largest absolute Gasteiger partial charge is 0.497 e. The van der Waals surface area contributed by atoms with Gasteiger partial charge < -0.3 is 10.1 Å². The summed E-state index contributed by atoms with van der Waals surface area (Å²) in [5, 5.41) is 2.72. The van der Waals surface area contributed by atoms with Crippen molar-refractivity contribution in [1.29, 1.82) is 0 Å². The molecule has 2 rings (SSSR count). The van der Waals surface area contributed by atoms with Crippen LogP contribution in [0, 0.1) is 0 Å². The van der Waals surface area contributed by atoms with E-state index >= 15 is 0 Å². The molecule has 2 aromatic rings. The molecule has 1 N–H and O–H groups in total. The molecule has 0 saturated carbocycles. The molecular formula is C16H15NO2. The molecule has 19 heavy (non-hydrogen) atoms. The molecule has 0 spiro atoms. The number of carbonyl (C=O) groups excluding carboxylic acids is 1. The molecule has 2 aromatic carbocycles. The van der Waals surface area contributed by atoms with Gasteiger partial charge in [-0.1, -0.05) is 36.4 Å². The summed E-state index contributed by atoms with van der Waals surface area (Å²) in [6, 6.07) is 16.8. The summed E-state index contributed by atoms with van der Waals surface area (Å²) < 4.78 is 5.08. The Balaban J connectivity index is 1.99. The van der Waals surface area contributed by atoms with Gasteiger partial charge in [0.1, 0.15) is 5.75 Å². The highest BCUT2D eigenvalue weighted by Crippen LogP contribution is 2.12. The second-order valence-corrected chi connectivity index (χ2v) is 3.95. The Morgan fingerprint density at radius 1 is 1.11 bits per heavy atom. The van der Waals surface area contributed by atoms with Crippen molar-refractivity contribution in [2.75, 3.05) is 7.11 Å². The Morgan fingerprint density at radius 3 is 2.63 bits per heavy atom. The molecular weight excluding hydrogens is 238 g/mol. The Morgan fingerprint density at radius 2 is 1.89 bits per heavy atom. The normalized spacial score (nSPS) is 10.4. The van der Waals surface area contributed by atoms with Gasteiger partial charge in [0.05, 0.1) is 7.11 Å². The highest BCUT2D eigenvalue weighted by molar-refractivity contribution is 5.95. The van der Waals surface area contributed by atoms with Crippen molar-refractivity contribution < 1.29 is 9.53 Å². The summed E-state index contributed by atoms with van der Waals surface area (Å²) in [6.45, 7) is 0. The van der Waals surface area contributed by atoms with E-state index in [1.165, 1.54) is 0 Å². The number of hydrogen-bond acceptors (Lipinski definition) is 2. The van der Waals surface area contributed by atoms with Crippen molar-refractivity contribution in [1.82, 2.24) is 5.32 Å². The van der Waals surface area contributed by atoms with E-state index < -0.39 is 0 Å². The van der Waals surface area contributed by atoms with Crippen molar-refractivity contribution >= 4 is 12.0 Å². The lowest BCUT2D eigenvalue weighted by molar-refractivity contribution is 0.0970. The average Bonchev–Trinajstić information content (AvgIpc) is 2.48. The Labute approximate surface area is 112 Å². The summed E-state index contributed by atoms with van der Waals surface area (Å²) in [6.07, 6.45) is 3.48. The quantitative estimate of drug-likeness (QED) is 0.909. The van der Waals surface area contributed by atoms with Crippen molar-refractivity contribution in [3.05, 3.63) is 71.9 Å². The minimum absolute atomic E-state index is 0.161. The SMILES string of the molecule is COc1cccc(C(=O)N/C=C/c2ccccc2)c1. The van der Waals surface area contributed by atoms with Gasteiger partial charge >= 0.3 is 0 Å². The molecule has 0 aliphatic carbocycles. The second kappa shape index (κ2) is 6.40. The van der Waals surface area contributed by atoms with E-state index in [-0.39, 0.29) is 5.91 Å². The number of ether oxygens (including phenoxy) is 1. The minimum atomic E-state index is -0.161. The number of methoxy groups -OCH3 is 1. The third kappa shape index (κ3) is 3.71. The van der Waals surface area contributed by atoms with Crippen molar-refractivity contribution in [2.24, 2.45) is 0 Å². The zero-order valence-corrected chi connectivity index (χ0v) is 10.7. The first kappa shape index (κ1) is 12.9. The smallest absolute Gasteiger partial charge is 0.255 e. The standard InChI is InChI=1S/C16H15NO2/c1-19-15-9-5-8-14(12-15)16(18)17-11-10-13-6-3-2-4-7-13/h2-12H,1H3,(H,17,18)/b11-10+. The topological polar surface area (TPSA) is 38.3 Å². The Kier molecular flexibility index (Phi) is 4.34. The summed E-state index contributed by atoms with van der Waals surface area (Å²) in [7, 11) is 1.58. The maximum atomic E-state index is 11.9. The maximum absolute atomic E-state index is 11.9. The molecule has 1 amide bonds. The van der Waals surface area contributed by atoms with Crippen LogP contribution in [-0.4, -0.2) is 13.0 Å². The van der Waals surface area contributed by atoms with Crippen LogP contribution >= 0.6 is 0 Å². The fourth-order valence-corrected chi connectivity index (χ4v) is 1.63. The van der Waals surface area contributed by atoms with E-state index in [9.17, 15) is 4.79 Å². The molecule has 0 aliphatic heterocycles. The van der Waals surface area contributed by atoms with E-state index in [4.69, 9.17) is 4.74 Å². The van der Waals surface area contributed by atoms with Gasteiger partial charge in [-0.05, 0) is 29.8 Å². The first-order valence-corrected chi connectivity index (χ1v) is 5.96. The zero-order valence-electron chi connectivity index (χ0n) is 10.7. The third-order valence-electron chi connectivity index (χ3n) is 2.62. The number of carbonyl (C=O) groups is 1. The van der Waals surface area contributed by atoms with Gasteiger partial charge in [0.25, 0.3) is 5.91 Å². The predicted molar refractivity (Wildman–Crippen MR) is 75.9 cm³/mol.